The molecule has 1 amide bonds. The summed E-state index contributed by atoms with van der Waals surface area (Å²) in [5.74, 6) is 0.225. The topological polar surface area (TPSA) is 80.2 Å². The molecule has 3 heterocycles. The Balaban J connectivity index is 1.41. The Labute approximate surface area is 139 Å². The number of nitrogens with one attached hydrogen (secondary N) is 2. The lowest BCUT2D eigenvalue weighted by atomic mass is 10.1. The minimum atomic E-state index is -0.252. The maximum absolute atomic E-state index is 12.2. The zero-order valence-corrected chi connectivity index (χ0v) is 13.5. The highest BCUT2D eigenvalue weighted by Crippen LogP contribution is 2.24. The Morgan fingerprint density at radius 3 is 3.12 bits per heavy atom. The average molecular weight is 325 g/mol. The maximum Gasteiger partial charge on any atom is 0.290 e. The van der Waals surface area contributed by atoms with Gasteiger partial charge in [0.1, 0.15) is 0 Å². The number of amides is 1. The monoisotopic (exact) mass is 325 g/mol. The van der Waals surface area contributed by atoms with Crippen LogP contribution in [-0.2, 0) is 11.3 Å². The summed E-state index contributed by atoms with van der Waals surface area (Å²) in [6.07, 6.45) is 0.920. The molecule has 3 aromatic rings. The standard InChI is InChI=1S/C18H19N3O3/c1-11-6-14-7-12(2-3-15(14)20-11)9-19-18(22)17-8-16(21-24-17)13-4-5-23-10-13/h2-3,6-8,13,20H,4-5,9-10H2,1H3,(H,19,22)/t13-/m0/s1. The smallest absolute Gasteiger partial charge is 0.290 e. The Kier molecular flexibility index (Phi) is 3.82. The van der Waals surface area contributed by atoms with Gasteiger partial charge in [0.05, 0.1) is 12.3 Å². The van der Waals surface area contributed by atoms with Crippen molar-refractivity contribution in [3.8, 4) is 0 Å². The summed E-state index contributed by atoms with van der Waals surface area (Å²) >= 11 is 0. The van der Waals surface area contributed by atoms with Gasteiger partial charge in [0.25, 0.3) is 5.91 Å². The minimum Gasteiger partial charge on any atom is -0.381 e. The van der Waals surface area contributed by atoms with Crippen LogP contribution >= 0.6 is 0 Å². The van der Waals surface area contributed by atoms with E-state index >= 15 is 0 Å². The highest BCUT2D eigenvalue weighted by Gasteiger charge is 2.23. The molecule has 0 aliphatic carbocycles. The van der Waals surface area contributed by atoms with E-state index in [1.807, 2.05) is 19.1 Å². The maximum atomic E-state index is 12.2. The third-order valence-corrected chi connectivity index (χ3v) is 4.37. The molecule has 1 aliphatic heterocycles. The zero-order chi connectivity index (χ0) is 16.5. The Bertz CT molecular complexity index is 875. The lowest BCUT2D eigenvalue weighted by molar-refractivity contribution is 0.0914. The van der Waals surface area contributed by atoms with Gasteiger partial charge in [0.15, 0.2) is 0 Å². The lowest BCUT2D eigenvalue weighted by Gasteiger charge is -2.03. The number of aromatic amines is 1. The van der Waals surface area contributed by atoms with Gasteiger partial charge in [-0.1, -0.05) is 11.2 Å². The van der Waals surface area contributed by atoms with Gasteiger partial charge in [-0.25, -0.2) is 0 Å². The number of nitrogens with zero attached hydrogens (tertiary/aromatic N) is 1. The number of hydrogen-bond donors (Lipinski definition) is 2. The van der Waals surface area contributed by atoms with Crippen molar-refractivity contribution in [3.63, 3.8) is 0 Å². The SMILES string of the molecule is Cc1cc2cc(CNC(=O)c3cc([C@H]4CCOC4)no3)ccc2[nH]1. The number of carbonyl (C=O) groups excluding carboxylic acids is 1. The lowest BCUT2D eigenvalue weighted by Crippen LogP contribution is -2.22. The fourth-order valence-electron chi connectivity index (χ4n) is 3.06. The number of hydrogen-bond acceptors (Lipinski definition) is 4. The summed E-state index contributed by atoms with van der Waals surface area (Å²) in [5, 5.41) is 8.02. The predicted molar refractivity (Wildman–Crippen MR) is 88.9 cm³/mol. The summed E-state index contributed by atoms with van der Waals surface area (Å²) in [7, 11) is 0. The molecule has 1 aliphatic rings. The average Bonchev–Trinajstić information content (AvgIpc) is 3.30. The van der Waals surface area contributed by atoms with E-state index in [0.717, 1.165) is 40.9 Å². The Morgan fingerprint density at radius 1 is 1.38 bits per heavy atom. The van der Waals surface area contributed by atoms with Crippen molar-refractivity contribution in [2.45, 2.75) is 25.8 Å². The number of benzene rings is 1. The predicted octanol–water partition coefficient (Wildman–Crippen LogP) is 2.90. The van der Waals surface area contributed by atoms with Crippen LogP contribution in [0.15, 0.2) is 34.9 Å². The van der Waals surface area contributed by atoms with Gasteiger partial charge >= 0.3 is 0 Å². The van der Waals surface area contributed by atoms with Crippen molar-refractivity contribution in [1.82, 2.24) is 15.5 Å². The fraction of sp³-hybridized carbons (Fsp3) is 0.333. The second-order valence-corrected chi connectivity index (χ2v) is 6.23. The van der Waals surface area contributed by atoms with E-state index in [0.29, 0.717) is 13.2 Å². The van der Waals surface area contributed by atoms with Crippen molar-refractivity contribution < 1.29 is 14.1 Å². The first-order chi connectivity index (χ1) is 11.7. The molecule has 1 aromatic carbocycles. The fourth-order valence-corrected chi connectivity index (χ4v) is 3.06. The van der Waals surface area contributed by atoms with Gasteiger partial charge in [-0.2, -0.15) is 0 Å². The van der Waals surface area contributed by atoms with E-state index in [2.05, 4.69) is 27.6 Å². The van der Waals surface area contributed by atoms with Gasteiger partial charge in [0.2, 0.25) is 5.76 Å². The minimum absolute atomic E-state index is 0.231. The third kappa shape index (κ3) is 2.92. The number of rotatable bonds is 4. The van der Waals surface area contributed by atoms with Gasteiger partial charge in [0, 0.05) is 36.3 Å². The molecule has 2 N–H and O–H groups in total. The first kappa shape index (κ1) is 15.0. The molecule has 0 saturated carbocycles. The van der Waals surface area contributed by atoms with Crippen molar-refractivity contribution in [2.24, 2.45) is 0 Å². The summed E-state index contributed by atoms with van der Waals surface area (Å²) in [5.41, 5.74) is 4.05. The van der Waals surface area contributed by atoms with E-state index in [1.165, 1.54) is 0 Å². The van der Waals surface area contributed by atoms with Crippen molar-refractivity contribution in [3.05, 3.63) is 53.0 Å². The summed E-state index contributed by atoms with van der Waals surface area (Å²) in [4.78, 5) is 15.5. The van der Waals surface area contributed by atoms with Crippen LogP contribution in [0.5, 0.6) is 0 Å². The van der Waals surface area contributed by atoms with E-state index in [1.54, 1.807) is 6.07 Å². The van der Waals surface area contributed by atoms with Crippen molar-refractivity contribution in [1.29, 1.82) is 0 Å². The van der Waals surface area contributed by atoms with Gasteiger partial charge in [-0.05, 0) is 42.5 Å². The van der Waals surface area contributed by atoms with Gasteiger partial charge in [-0.15, -0.1) is 0 Å². The molecule has 6 heteroatoms. The molecular weight excluding hydrogens is 306 g/mol. The highest BCUT2D eigenvalue weighted by molar-refractivity contribution is 5.91. The molecule has 24 heavy (non-hydrogen) atoms. The van der Waals surface area contributed by atoms with E-state index in [-0.39, 0.29) is 17.6 Å². The van der Waals surface area contributed by atoms with Crippen LogP contribution < -0.4 is 5.32 Å². The molecule has 0 spiro atoms. The molecular formula is C18H19N3O3. The Hall–Kier alpha value is -2.60. The normalized spacial score (nSPS) is 17.5. The molecule has 4 rings (SSSR count). The van der Waals surface area contributed by atoms with Gasteiger partial charge in [-0.3, -0.25) is 4.79 Å². The molecule has 0 radical (unpaired) electrons. The molecule has 1 fully saturated rings. The molecule has 0 unspecified atom stereocenters. The molecule has 124 valence electrons. The molecule has 2 aromatic heterocycles. The van der Waals surface area contributed by atoms with Crippen LogP contribution in [0, 0.1) is 6.92 Å². The second-order valence-electron chi connectivity index (χ2n) is 6.23. The van der Waals surface area contributed by atoms with Crippen LogP contribution in [0.2, 0.25) is 0 Å². The number of aromatic nitrogens is 2. The van der Waals surface area contributed by atoms with E-state index in [4.69, 9.17) is 9.26 Å². The number of H-pyrrole nitrogens is 1. The van der Waals surface area contributed by atoms with Crippen LogP contribution in [0.25, 0.3) is 10.9 Å². The van der Waals surface area contributed by atoms with Crippen LogP contribution in [-0.4, -0.2) is 29.3 Å². The van der Waals surface area contributed by atoms with E-state index < -0.39 is 0 Å². The van der Waals surface area contributed by atoms with Crippen molar-refractivity contribution in [2.75, 3.05) is 13.2 Å². The number of carbonyl (C=O) groups is 1. The first-order valence-corrected chi connectivity index (χ1v) is 8.10. The van der Waals surface area contributed by atoms with Gasteiger partial charge < -0.3 is 19.6 Å². The first-order valence-electron chi connectivity index (χ1n) is 8.10. The Morgan fingerprint density at radius 2 is 2.29 bits per heavy atom. The summed E-state index contributed by atoms with van der Waals surface area (Å²) < 4.78 is 10.5. The molecule has 1 saturated heterocycles. The highest BCUT2D eigenvalue weighted by atomic mass is 16.5. The molecule has 0 bridgehead atoms. The third-order valence-electron chi connectivity index (χ3n) is 4.37. The largest absolute Gasteiger partial charge is 0.381 e. The second kappa shape index (κ2) is 6.13. The number of ether oxygens (including phenoxy) is 1. The number of aryl methyl sites for hydroxylation is 1. The number of fused-ring (bicyclic) bond motifs is 1. The molecule has 6 nitrogen and oxygen atoms in total. The van der Waals surface area contributed by atoms with E-state index in [9.17, 15) is 4.79 Å². The van der Waals surface area contributed by atoms with Crippen LogP contribution in [0.3, 0.4) is 0 Å². The summed E-state index contributed by atoms with van der Waals surface area (Å²) in [6.45, 7) is 3.85. The summed E-state index contributed by atoms with van der Waals surface area (Å²) in [6, 6.07) is 9.90. The van der Waals surface area contributed by atoms with Crippen LogP contribution in [0.1, 0.15) is 39.8 Å². The van der Waals surface area contributed by atoms with Crippen molar-refractivity contribution >= 4 is 16.8 Å². The molecule has 1 atom stereocenters. The quantitative estimate of drug-likeness (QED) is 0.773. The zero-order valence-electron chi connectivity index (χ0n) is 13.5. The van der Waals surface area contributed by atoms with Crippen LogP contribution in [0.4, 0.5) is 0 Å².